The number of likely N-dealkylation sites (N-methyl/N-ethyl adjacent to an activating group) is 1. The second-order valence-electron chi connectivity index (χ2n) is 6.36. The summed E-state index contributed by atoms with van der Waals surface area (Å²) < 4.78 is 44.1. The predicted molar refractivity (Wildman–Crippen MR) is 101 cm³/mol. The number of para-hydroxylation sites is 1. The normalized spacial score (nSPS) is 11.0. The van der Waals surface area contributed by atoms with Crippen molar-refractivity contribution in [1.29, 1.82) is 0 Å². The van der Waals surface area contributed by atoms with E-state index in [4.69, 9.17) is 4.74 Å². The molecule has 0 saturated heterocycles. The molecule has 0 aromatic heterocycles. The van der Waals surface area contributed by atoms with Crippen LogP contribution >= 0.6 is 0 Å². The van der Waals surface area contributed by atoms with E-state index in [0.29, 0.717) is 5.56 Å². The monoisotopic (exact) mass is 425 g/mol. The van der Waals surface area contributed by atoms with Gasteiger partial charge in [0.1, 0.15) is 0 Å². The minimum atomic E-state index is -4.65. The lowest BCUT2D eigenvalue weighted by molar-refractivity contribution is -0.385. The van der Waals surface area contributed by atoms with Gasteiger partial charge in [-0.1, -0.05) is 18.2 Å². The van der Waals surface area contributed by atoms with E-state index >= 15 is 0 Å². The number of nitrogens with zero attached hydrogens (tertiary/aromatic N) is 2. The maximum atomic E-state index is 13.0. The molecule has 0 atom stereocenters. The van der Waals surface area contributed by atoms with E-state index in [0.717, 1.165) is 17.0 Å². The molecule has 0 radical (unpaired) electrons. The zero-order valence-electron chi connectivity index (χ0n) is 16.0. The molecule has 8 nitrogen and oxygen atoms in total. The molecular weight excluding hydrogens is 407 g/mol. The molecule has 0 fully saturated rings. The highest BCUT2D eigenvalue weighted by Crippen LogP contribution is 2.34. The van der Waals surface area contributed by atoms with E-state index in [1.165, 1.54) is 31.3 Å². The number of alkyl halides is 3. The van der Waals surface area contributed by atoms with Crippen molar-refractivity contribution in [3.05, 3.63) is 63.7 Å². The van der Waals surface area contributed by atoms with Gasteiger partial charge in [0.2, 0.25) is 5.91 Å². The standard InChI is InChI=1S/C19H18F3N3O5/c1-12-7-8-16(15(9-12)25(28)29)30-11-18(27)24(2)10-17(26)23-14-6-4-3-5-13(14)19(20,21)22/h3-9H,10-11H2,1-2H3,(H,23,26). The minimum Gasteiger partial charge on any atom is -0.477 e. The van der Waals surface area contributed by atoms with Crippen LogP contribution in [0.3, 0.4) is 0 Å². The summed E-state index contributed by atoms with van der Waals surface area (Å²) in [6.07, 6.45) is -4.65. The Bertz CT molecular complexity index is 963. The minimum absolute atomic E-state index is 0.115. The fourth-order valence-corrected chi connectivity index (χ4v) is 2.47. The molecule has 0 heterocycles. The highest BCUT2D eigenvalue weighted by atomic mass is 19.4. The van der Waals surface area contributed by atoms with Crippen molar-refractivity contribution in [3.63, 3.8) is 0 Å². The average molecular weight is 425 g/mol. The predicted octanol–water partition coefficient (Wildman–Crippen LogP) is 3.40. The number of nitro benzene ring substituents is 1. The maximum Gasteiger partial charge on any atom is 0.418 e. The fourth-order valence-electron chi connectivity index (χ4n) is 2.47. The summed E-state index contributed by atoms with van der Waals surface area (Å²) in [5.41, 5.74) is -1.12. The highest BCUT2D eigenvalue weighted by molar-refractivity contribution is 5.95. The van der Waals surface area contributed by atoms with Gasteiger partial charge >= 0.3 is 11.9 Å². The Labute approximate surface area is 169 Å². The quantitative estimate of drug-likeness (QED) is 0.541. The summed E-state index contributed by atoms with van der Waals surface area (Å²) in [7, 11) is 1.25. The molecule has 160 valence electrons. The van der Waals surface area contributed by atoms with Crippen LogP contribution in [0.15, 0.2) is 42.5 Å². The molecular formula is C19H18F3N3O5. The van der Waals surface area contributed by atoms with Crippen LogP contribution in [0.25, 0.3) is 0 Å². The second kappa shape index (κ2) is 9.25. The number of aryl methyl sites for hydroxylation is 1. The Morgan fingerprint density at radius 1 is 1.20 bits per heavy atom. The lowest BCUT2D eigenvalue weighted by atomic mass is 10.1. The van der Waals surface area contributed by atoms with Crippen molar-refractivity contribution < 1.29 is 32.4 Å². The maximum absolute atomic E-state index is 13.0. The van der Waals surface area contributed by atoms with Crippen molar-refractivity contribution in [2.75, 3.05) is 25.5 Å². The van der Waals surface area contributed by atoms with Crippen molar-refractivity contribution in [2.24, 2.45) is 0 Å². The van der Waals surface area contributed by atoms with Gasteiger partial charge < -0.3 is 15.0 Å². The van der Waals surface area contributed by atoms with E-state index in [2.05, 4.69) is 5.32 Å². The SMILES string of the molecule is Cc1ccc(OCC(=O)N(C)CC(=O)Nc2ccccc2C(F)(F)F)c([N+](=O)[O-])c1. The fraction of sp³-hybridized carbons (Fsp3) is 0.263. The van der Waals surface area contributed by atoms with Gasteiger partial charge in [-0.3, -0.25) is 19.7 Å². The zero-order valence-corrected chi connectivity index (χ0v) is 16.0. The van der Waals surface area contributed by atoms with Crippen molar-refractivity contribution in [1.82, 2.24) is 4.90 Å². The van der Waals surface area contributed by atoms with Crippen LogP contribution in [0, 0.1) is 17.0 Å². The van der Waals surface area contributed by atoms with Gasteiger partial charge in [0.15, 0.2) is 12.4 Å². The van der Waals surface area contributed by atoms with Crippen LogP contribution in [0.1, 0.15) is 11.1 Å². The largest absolute Gasteiger partial charge is 0.477 e. The van der Waals surface area contributed by atoms with Crippen LogP contribution in [0.5, 0.6) is 5.75 Å². The number of halogens is 3. The molecule has 1 N–H and O–H groups in total. The first kappa shape index (κ1) is 22.7. The van der Waals surface area contributed by atoms with E-state index in [9.17, 15) is 32.9 Å². The number of ether oxygens (including phenoxy) is 1. The summed E-state index contributed by atoms with van der Waals surface area (Å²) >= 11 is 0. The van der Waals surface area contributed by atoms with Crippen LogP contribution in [-0.2, 0) is 15.8 Å². The number of benzene rings is 2. The molecule has 2 rings (SSSR count). The van der Waals surface area contributed by atoms with Gasteiger partial charge in [0, 0.05) is 13.1 Å². The number of hydrogen-bond donors (Lipinski definition) is 1. The molecule has 0 aliphatic heterocycles. The average Bonchev–Trinajstić information content (AvgIpc) is 2.66. The number of nitro groups is 1. The van der Waals surface area contributed by atoms with Gasteiger partial charge in [0.05, 0.1) is 22.7 Å². The lowest BCUT2D eigenvalue weighted by Gasteiger charge is -2.18. The Kier molecular flexibility index (Phi) is 6.98. The molecule has 30 heavy (non-hydrogen) atoms. The van der Waals surface area contributed by atoms with Crippen LogP contribution in [0.4, 0.5) is 24.5 Å². The van der Waals surface area contributed by atoms with Gasteiger partial charge in [-0.05, 0) is 30.7 Å². The first-order valence-corrected chi connectivity index (χ1v) is 8.57. The Morgan fingerprint density at radius 3 is 2.50 bits per heavy atom. The first-order chi connectivity index (χ1) is 14.0. The van der Waals surface area contributed by atoms with Gasteiger partial charge in [0.25, 0.3) is 5.91 Å². The summed E-state index contributed by atoms with van der Waals surface area (Å²) in [6, 6.07) is 8.66. The Morgan fingerprint density at radius 2 is 1.87 bits per heavy atom. The van der Waals surface area contributed by atoms with Crippen molar-refractivity contribution in [2.45, 2.75) is 13.1 Å². The van der Waals surface area contributed by atoms with Gasteiger partial charge in [-0.15, -0.1) is 0 Å². The van der Waals surface area contributed by atoms with Crippen LogP contribution in [0.2, 0.25) is 0 Å². The molecule has 0 saturated carbocycles. The second-order valence-corrected chi connectivity index (χ2v) is 6.36. The lowest BCUT2D eigenvalue weighted by Crippen LogP contribution is -2.37. The number of amides is 2. The van der Waals surface area contributed by atoms with Crippen molar-refractivity contribution >= 4 is 23.2 Å². The van der Waals surface area contributed by atoms with Crippen LogP contribution in [-0.4, -0.2) is 41.8 Å². The third-order valence-electron chi connectivity index (χ3n) is 3.98. The van der Waals surface area contributed by atoms with E-state index in [-0.39, 0.29) is 11.4 Å². The Hall–Kier alpha value is -3.63. The number of nitrogens with one attached hydrogen (secondary N) is 1. The molecule has 0 unspecified atom stereocenters. The molecule has 0 aliphatic carbocycles. The molecule has 0 bridgehead atoms. The van der Waals surface area contributed by atoms with E-state index in [1.54, 1.807) is 13.0 Å². The number of anilines is 1. The molecule has 2 amide bonds. The number of carbonyl (C=O) groups excluding carboxylic acids is 2. The van der Waals surface area contributed by atoms with Gasteiger partial charge in [-0.2, -0.15) is 13.2 Å². The van der Waals surface area contributed by atoms with Crippen molar-refractivity contribution in [3.8, 4) is 5.75 Å². The third kappa shape index (κ3) is 5.93. The summed E-state index contributed by atoms with van der Waals surface area (Å²) in [6.45, 7) is 0.530. The Balaban J connectivity index is 1.97. The highest BCUT2D eigenvalue weighted by Gasteiger charge is 2.33. The van der Waals surface area contributed by atoms with E-state index in [1.807, 2.05) is 0 Å². The molecule has 11 heteroatoms. The summed E-state index contributed by atoms with van der Waals surface area (Å²) in [4.78, 5) is 35.6. The summed E-state index contributed by atoms with van der Waals surface area (Å²) in [5, 5.41) is 13.2. The molecule has 0 aliphatic rings. The van der Waals surface area contributed by atoms with Gasteiger partial charge in [-0.25, -0.2) is 0 Å². The molecule has 2 aromatic carbocycles. The topological polar surface area (TPSA) is 102 Å². The van der Waals surface area contributed by atoms with Crippen LogP contribution < -0.4 is 10.1 Å². The first-order valence-electron chi connectivity index (χ1n) is 8.57. The smallest absolute Gasteiger partial charge is 0.418 e. The third-order valence-corrected chi connectivity index (χ3v) is 3.98. The number of carbonyl (C=O) groups is 2. The number of hydrogen-bond acceptors (Lipinski definition) is 5. The summed E-state index contributed by atoms with van der Waals surface area (Å²) in [5.74, 6) is -1.65. The van der Waals surface area contributed by atoms with E-state index < -0.39 is 47.3 Å². The number of rotatable bonds is 7. The molecule has 0 spiro atoms. The molecule has 2 aromatic rings. The zero-order chi connectivity index (χ0) is 22.5.